The van der Waals surface area contributed by atoms with Crippen LogP contribution in [0.5, 0.6) is 0 Å². The van der Waals surface area contributed by atoms with E-state index in [1.54, 1.807) is 0 Å². The summed E-state index contributed by atoms with van der Waals surface area (Å²) in [4.78, 5) is 23.3. The number of amides is 2. The molecule has 114 valence electrons. The Bertz CT molecular complexity index is 389. The summed E-state index contributed by atoms with van der Waals surface area (Å²) in [7, 11) is 0. The van der Waals surface area contributed by atoms with E-state index in [0.29, 0.717) is 12.5 Å². The van der Waals surface area contributed by atoms with Crippen molar-refractivity contribution in [1.82, 2.24) is 10.6 Å². The van der Waals surface area contributed by atoms with Crippen molar-refractivity contribution >= 4 is 12.0 Å². The summed E-state index contributed by atoms with van der Waals surface area (Å²) in [5.74, 6) is -0.578. The van der Waals surface area contributed by atoms with E-state index < -0.39 is 11.9 Å². The van der Waals surface area contributed by atoms with Crippen LogP contribution in [0.15, 0.2) is 0 Å². The highest BCUT2D eigenvalue weighted by Gasteiger charge is 2.51. The molecular formula is C15H26N2O3. The molecule has 0 aliphatic heterocycles. The number of fused-ring (bicyclic) bond motifs is 2. The molecule has 5 heteroatoms. The number of carboxylic acid groups (broad SMARTS) is 1. The molecule has 5 nitrogen and oxygen atoms in total. The second kappa shape index (κ2) is 5.62. The first-order chi connectivity index (χ1) is 9.28. The Labute approximate surface area is 120 Å². The van der Waals surface area contributed by atoms with E-state index in [-0.39, 0.29) is 23.4 Å². The zero-order valence-electron chi connectivity index (χ0n) is 12.6. The number of urea groups is 1. The van der Waals surface area contributed by atoms with Crippen molar-refractivity contribution in [2.45, 2.75) is 52.5 Å². The fourth-order valence-electron chi connectivity index (χ4n) is 3.61. The Hall–Kier alpha value is -1.26. The molecule has 4 unspecified atom stereocenters. The first-order valence-corrected chi connectivity index (χ1v) is 7.55. The number of carbonyl (C=O) groups is 2. The van der Waals surface area contributed by atoms with Crippen LogP contribution in [0.1, 0.15) is 46.5 Å². The van der Waals surface area contributed by atoms with Crippen molar-refractivity contribution in [2.24, 2.45) is 23.2 Å². The maximum atomic E-state index is 11.9. The van der Waals surface area contributed by atoms with Gasteiger partial charge in [0.2, 0.25) is 0 Å². The van der Waals surface area contributed by atoms with Gasteiger partial charge in [-0.05, 0) is 42.9 Å². The van der Waals surface area contributed by atoms with Gasteiger partial charge in [-0.15, -0.1) is 0 Å². The van der Waals surface area contributed by atoms with Crippen molar-refractivity contribution in [3.63, 3.8) is 0 Å². The van der Waals surface area contributed by atoms with Gasteiger partial charge in [-0.3, -0.25) is 4.79 Å². The summed E-state index contributed by atoms with van der Waals surface area (Å²) in [6.45, 7) is 7.00. The quantitative estimate of drug-likeness (QED) is 0.740. The summed E-state index contributed by atoms with van der Waals surface area (Å²) in [6, 6.07) is -0.418. The molecule has 2 aliphatic rings. The average Bonchev–Trinajstić information content (AvgIpc) is 2.86. The van der Waals surface area contributed by atoms with Crippen molar-refractivity contribution in [3.8, 4) is 0 Å². The number of carbonyl (C=O) groups excluding carboxylic acids is 1. The monoisotopic (exact) mass is 282 g/mol. The van der Waals surface area contributed by atoms with E-state index in [4.69, 9.17) is 0 Å². The van der Waals surface area contributed by atoms with Crippen LogP contribution in [-0.4, -0.2) is 29.7 Å². The van der Waals surface area contributed by atoms with Crippen LogP contribution in [0, 0.1) is 23.2 Å². The minimum Gasteiger partial charge on any atom is -0.481 e. The number of aliphatic carboxylic acids is 1. The molecule has 0 aromatic rings. The van der Waals surface area contributed by atoms with Crippen LogP contribution < -0.4 is 10.6 Å². The molecule has 0 aromatic carbocycles. The highest BCUT2D eigenvalue weighted by molar-refractivity contribution is 5.77. The molecule has 20 heavy (non-hydrogen) atoms. The molecule has 0 heterocycles. The molecule has 2 rings (SSSR count). The zero-order valence-corrected chi connectivity index (χ0v) is 12.6. The Morgan fingerprint density at radius 1 is 1.20 bits per heavy atom. The molecule has 2 fully saturated rings. The molecule has 0 radical (unpaired) electrons. The average molecular weight is 282 g/mol. The van der Waals surface area contributed by atoms with Crippen molar-refractivity contribution in [2.75, 3.05) is 6.54 Å². The van der Waals surface area contributed by atoms with E-state index in [0.717, 1.165) is 25.7 Å². The number of hydrogen-bond acceptors (Lipinski definition) is 2. The first kappa shape index (κ1) is 15.1. The van der Waals surface area contributed by atoms with Gasteiger partial charge in [0, 0.05) is 12.6 Å². The molecule has 2 amide bonds. The van der Waals surface area contributed by atoms with Crippen LogP contribution in [0.4, 0.5) is 4.79 Å². The molecule has 2 aliphatic carbocycles. The van der Waals surface area contributed by atoms with Gasteiger partial charge < -0.3 is 15.7 Å². The highest BCUT2D eigenvalue weighted by atomic mass is 16.4. The van der Waals surface area contributed by atoms with Gasteiger partial charge in [-0.25, -0.2) is 4.79 Å². The van der Waals surface area contributed by atoms with Crippen LogP contribution in [0.25, 0.3) is 0 Å². The van der Waals surface area contributed by atoms with E-state index >= 15 is 0 Å². The van der Waals surface area contributed by atoms with E-state index in [1.807, 2.05) is 0 Å². The lowest BCUT2D eigenvalue weighted by atomic mass is 9.84. The third-order valence-electron chi connectivity index (χ3n) is 4.66. The van der Waals surface area contributed by atoms with Gasteiger partial charge in [0.05, 0.1) is 5.92 Å². The lowest BCUT2D eigenvalue weighted by molar-refractivity contribution is -0.144. The molecule has 2 bridgehead atoms. The molecule has 0 spiro atoms. The van der Waals surface area contributed by atoms with E-state index in [9.17, 15) is 14.7 Å². The topological polar surface area (TPSA) is 78.4 Å². The van der Waals surface area contributed by atoms with Crippen LogP contribution in [0.2, 0.25) is 0 Å². The SMILES string of the molecule is CC(C)(C)CCNC(=O)NC1C2CCC(C2)C1C(=O)O. The van der Waals surface area contributed by atoms with Gasteiger partial charge in [-0.2, -0.15) is 0 Å². The van der Waals surface area contributed by atoms with E-state index in [2.05, 4.69) is 31.4 Å². The molecule has 4 atom stereocenters. The maximum absolute atomic E-state index is 11.9. The summed E-state index contributed by atoms with van der Waals surface area (Å²) >= 11 is 0. The number of nitrogens with one attached hydrogen (secondary N) is 2. The summed E-state index contributed by atoms with van der Waals surface area (Å²) in [5.41, 5.74) is 0.184. The fourth-order valence-corrected chi connectivity index (χ4v) is 3.61. The second-order valence-corrected chi connectivity index (χ2v) is 7.43. The summed E-state index contributed by atoms with van der Waals surface area (Å²) in [6.07, 6.45) is 3.89. The molecule has 0 saturated heterocycles. The van der Waals surface area contributed by atoms with Gasteiger partial charge in [0.15, 0.2) is 0 Å². The molecule has 2 saturated carbocycles. The second-order valence-electron chi connectivity index (χ2n) is 7.43. The first-order valence-electron chi connectivity index (χ1n) is 7.55. The van der Waals surface area contributed by atoms with Crippen molar-refractivity contribution in [3.05, 3.63) is 0 Å². The zero-order chi connectivity index (χ0) is 14.9. The summed E-state index contributed by atoms with van der Waals surface area (Å²) in [5, 5.41) is 15.1. The van der Waals surface area contributed by atoms with Crippen molar-refractivity contribution < 1.29 is 14.7 Å². The van der Waals surface area contributed by atoms with Crippen molar-refractivity contribution in [1.29, 1.82) is 0 Å². The lowest BCUT2D eigenvalue weighted by Gasteiger charge is -2.29. The molecular weight excluding hydrogens is 256 g/mol. The lowest BCUT2D eigenvalue weighted by Crippen LogP contribution is -2.50. The highest BCUT2D eigenvalue weighted by Crippen LogP contribution is 2.48. The van der Waals surface area contributed by atoms with Gasteiger partial charge in [0.25, 0.3) is 0 Å². The Kier molecular flexibility index (Phi) is 4.25. The fraction of sp³-hybridized carbons (Fsp3) is 0.867. The molecule has 3 N–H and O–H groups in total. The minimum atomic E-state index is -0.766. The van der Waals surface area contributed by atoms with Gasteiger partial charge in [-0.1, -0.05) is 20.8 Å². The third-order valence-corrected chi connectivity index (χ3v) is 4.66. The molecule has 0 aromatic heterocycles. The predicted molar refractivity (Wildman–Crippen MR) is 76.4 cm³/mol. The van der Waals surface area contributed by atoms with E-state index in [1.165, 1.54) is 0 Å². The number of rotatable bonds is 4. The number of hydrogen-bond donors (Lipinski definition) is 3. The minimum absolute atomic E-state index is 0.184. The van der Waals surface area contributed by atoms with Gasteiger partial charge in [0.1, 0.15) is 0 Å². The maximum Gasteiger partial charge on any atom is 0.315 e. The Balaban J connectivity index is 1.83. The van der Waals surface area contributed by atoms with Crippen LogP contribution in [0.3, 0.4) is 0 Å². The standard InChI is InChI=1S/C15H26N2O3/c1-15(2,3)6-7-16-14(20)17-12-10-5-4-9(8-10)11(12)13(18)19/h9-12H,4-8H2,1-3H3,(H,18,19)(H2,16,17,20). The van der Waals surface area contributed by atoms with Crippen LogP contribution >= 0.6 is 0 Å². The Morgan fingerprint density at radius 2 is 1.85 bits per heavy atom. The largest absolute Gasteiger partial charge is 0.481 e. The number of carboxylic acids is 1. The predicted octanol–water partition coefficient (Wildman–Crippen LogP) is 2.22. The van der Waals surface area contributed by atoms with Crippen LogP contribution in [-0.2, 0) is 4.79 Å². The normalized spacial score (nSPS) is 32.1. The third kappa shape index (κ3) is 3.44. The smallest absolute Gasteiger partial charge is 0.315 e. The summed E-state index contributed by atoms with van der Waals surface area (Å²) < 4.78 is 0. The Morgan fingerprint density at radius 3 is 2.45 bits per heavy atom. The van der Waals surface area contributed by atoms with Gasteiger partial charge >= 0.3 is 12.0 Å².